The van der Waals surface area contributed by atoms with E-state index in [2.05, 4.69) is 100 Å². The minimum atomic E-state index is -5.01. The largest absolute Gasteiger partial charge is 0.573 e. The molecule has 4 aliphatic heterocycles. The van der Waals surface area contributed by atoms with E-state index in [4.69, 9.17) is 21.1 Å². The van der Waals surface area contributed by atoms with Gasteiger partial charge >= 0.3 is 36.3 Å². The predicted octanol–water partition coefficient (Wildman–Crippen LogP) is 13.7. The van der Waals surface area contributed by atoms with Crippen molar-refractivity contribution in [3.05, 3.63) is 157 Å². The molecule has 37 heteroatoms. The monoisotopic (exact) mass is 1670 g/mol. The van der Waals surface area contributed by atoms with Crippen LogP contribution in [0.25, 0.3) is 44.8 Å². The van der Waals surface area contributed by atoms with Crippen LogP contribution in [0.1, 0.15) is 126 Å². The molecule has 0 unspecified atom stereocenters. The molecule has 636 valence electrons. The summed E-state index contributed by atoms with van der Waals surface area (Å²) >= 11 is 4.71. The number of rotatable bonds is 20. The molecule has 0 saturated carbocycles. The molecule has 0 bridgehead atoms. The van der Waals surface area contributed by atoms with E-state index >= 15 is 0 Å². The van der Waals surface area contributed by atoms with Crippen molar-refractivity contribution in [1.29, 1.82) is 0 Å². The van der Waals surface area contributed by atoms with Crippen LogP contribution in [0.5, 0.6) is 11.5 Å². The molecule has 4 aromatic carbocycles. The SMILES string of the molecule is CNC(=O)Cl.CNC(=O)N1C[C@@H](C)N(c2ccc(C(=O)Nc3ccc(-c4ccc(-c5cnc([C@@H]6CCCN6C(=O)[C@@H](NC(=O)OC)C(C)C)[nH]5)cc4)c(OC(F)(F)F)c3)cn2)C[C@@H]1C.COC(=O)N[C@H](C(=O)N1CCC[C@H]1c1ncc(-c2ccc(-c3ccc(NC(=O)c4ccc(N5C[C@H](C)NC[C@H]5C)nc4)cc3OC(F)(F)F)cc2)[nH]1)C(C)C. The molecule has 0 aliphatic carbocycles. The van der Waals surface area contributed by atoms with Crippen molar-refractivity contribution in [2.75, 3.05) is 88.0 Å². The second kappa shape index (κ2) is 39.4. The number of likely N-dealkylation sites (tertiary alicyclic amines) is 2. The number of ether oxygens (including phenoxy) is 4. The molecule has 119 heavy (non-hydrogen) atoms. The average molecular weight is 1680 g/mol. The Labute approximate surface area is 688 Å². The fourth-order valence-electron chi connectivity index (χ4n) is 14.4. The summed E-state index contributed by atoms with van der Waals surface area (Å²) in [5, 5.41) is 18.3. The number of nitrogens with one attached hydrogen (secondary N) is 9. The van der Waals surface area contributed by atoms with Gasteiger partial charge in [0.2, 0.25) is 11.8 Å². The third kappa shape index (κ3) is 23.0. The minimum Gasteiger partial charge on any atom is -0.453 e. The van der Waals surface area contributed by atoms with Gasteiger partial charge in [0, 0.05) is 125 Å². The molecule has 0 radical (unpaired) electrons. The van der Waals surface area contributed by atoms with E-state index in [1.165, 1.54) is 57.9 Å². The average Bonchev–Trinajstić information content (AvgIpc) is 1.74. The molecular weight excluding hydrogens is 1580 g/mol. The quantitative estimate of drug-likeness (QED) is 0.0194. The van der Waals surface area contributed by atoms with Crippen LogP contribution in [0.3, 0.4) is 0 Å². The number of nitrogens with zero attached hydrogens (tertiary/aromatic N) is 9. The number of aromatic amines is 2. The second-order valence-electron chi connectivity index (χ2n) is 29.7. The molecule has 30 nitrogen and oxygen atoms in total. The lowest BCUT2D eigenvalue weighted by Gasteiger charge is -2.44. The zero-order chi connectivity index (χ0) is 86.3. The zero-order valence-corrected chi connectivity index (χ0v) is 68.4. The highest BCUT2D eigenvalue weighted by Gasteiger charge is 2.41. The lowest BCUT2D eigenvalue weighted by atomic mass is 10.0. The summed E-state index contributed by atoms with van der Waals surface area (Å²) in [6.45, 7) is 19.1. The molecule has 9 amide bonds. The number of imidazole rings is 2. The number of urea groups is 1. The molecule has 8 heterocycles. The first-order valence-corrected chi connectivity index (χ1v) is 39.0. The van der Waals surface area contributed by atoms with Crippen LogP contribution < -0.4 is 56.5 Å². The van der Waals surface area contributed by atoms with Crippen LogP contribution in [0, 0.1) is 11.8 Å². The van der Waals surface area contributed by atoms with Crippen LogP contribution in [-0.2, 0) is 19.1 Å². The Bertz CT molecular complexity index is 4870. The van der Waals surface area contributed by atoms with Crippen molar-refractivity contribution in [3.8, 4) is 56.3 Å². The standard InChI is InChI=1S/C41H48F3N9O6.C39H45F3N8O5.C2H4ClNO/c1-23(2)35(50-40(57)58-6)38(55)51-17-7-8-32(51)36-47-20-31(49-36)27-11-9-26(10-12-27)30-15-14-29(18-33(30)59-41(42,43)44)48-37(54)28-13-16-34(46-19-28)52-21-25(4)53(22-24(52)3)39(56)45-5;1-22(2)34(48-38(53)54-5)37(52)49-16-6-7-31(49)35-45-20-30(47-35)26-10-8-25(9-11-26)29-14-13-28(17-32(29)55-39(40,41)42)46-36(51)27-12-15-33(44-19-27)50-21-23(3)43-18-24(50)4;1-4-2(3)5/h9-16,18-20,23-25,32,35H,7-8,17,21-22H2,1-6H3,(H,45,56)(H,47,49)(H,48,54)(H,50,57);8-15,17,19-20,22-24,31,34,43H,6-7,16,18,21H2,1-5H3,(H,45,47)(H,46,51)(H,48,53);1H3,(H,4,5)/t24-,25+,32+,35+;23-,24+,31-,34-;/m10./s1. The van der Waals surface area contributed by atoms with Gasteiger partial charge in [-0.05, 0) is 148 Å². The fraction of sp³-hybridized carbons (Fsp3) is 0.415. The lowest BCUT2D eigenvalue weighted by molar-refractivity contribution is -0.275. The number of amides is 9. The summed E-state index contributed by atoms with van der Waals surface area (Å²) in [4.78, 5) is 133. The number of carbonyl (C=O) groups is 8. The van der Waals surface area contributed by atoms with Crippen LogP contribution in [0.15, 0.2) is 134 Å². The third-order valence-corrected chi connectivity index (χ3v) is 20.8. The van der Waals surface area contributed by atoms with Crippen LogP contribution in [0.4, 0.5) is 68.5 Å². The number of halogens is 7. The van der Waals surface area contributed by atoms with E-state index in [1.807, 2.05) is 41.5 Å². The maximum Gasteiger partial charge on any atom is 0.573 e. The van der Waals surface area contributed by atoms with Crippen LogP contribution >= 0.6 is 11.6 Å². The number of carbonyl (C=O) groups excluding carboxylic acids is 8. The Kier molecular flexibility index (Phi) is 29.5. The van der Waals surface area contributed by atoms with Gasteiger partial charge in [-0.2, -0.15) is 0 Å². The first kappa shape index (κ1) is 89.1. The van der Waals surface area contributed by atoms with E-state index in [1.54, 1.807) is 107 Å². The highest BCUT2D eigenvalue weighted by molar-refractivity contribution is 6.62. The Balaban J connectivity index is 0.000000237. The summed E-state index contributed by atoms with van der Waals surface area (Å²) in [5.41, 5.74) is 4.53. The first-order chi connectivity index (χ1) is 56.5. The highest BCUT2D eigenvalue weighted by atomic mass is 35.5. The van der Waals surface area contributed by atoms with Gasteiger partial charge in [0.25, 0.3) is 11.8 Å². The van der Waals surface area contributed by atoms with E-state index < -0.39 is 65.7 Å². The van der Waals surface area contributed by atoms with Crippen molar-refractivity contribution in [2.45, 2.75) is 142 Å². The van der Waals surface area contributed by atoms with Crippen molar-refractivity contribution in [2.24, 2.45) is 11.8 Å². The number of alkyl carbamates (subject to hydrolysis) is 2. The number of piperazine rings is 2. The number of benzene rings is 4. The van der Waals surface area contributed by atoms with Crippen molar-refractivity contribution < 1.29 is 83.6 Å². The van der Waals surface area contributed by atoms with E-state index in [9.17, 15) is 64.7 Å². The summed E-state index contributed by atoms with van der Waals surface area (Å²) in [5.74, 6) is -0.402. The Morgan fingerprint density at radius 1 is 0.504 bits per heavy atom. The smallest absolute Gasteiger partial charge is 0.453 e. The van der Waals surface area contributed by atoms with Gasteiger partial charge in [-0.25, -0.2) is 34.3 Å². The number of aromatic nitrogens is 6. The molecule has 12 rings (SSSR count). The molecule has 4 fully saturated rings. The lowest BCUT2D eigenvalue weighted by Crippen LogP contribution is -2.60. The number of alkyl halides is 6. The van der Waals surface area contributed by atoms with Gasteiger partial charge in [0.1, 0.15) is 46.9 Å². The van der Waals surface area contributed by atoms with Crippen molar-refractivity contribution >= 4 is 81.8 Å². The summed E-state index contributed by atoms with van der Waals surface area (Å²) in [7, 11) is 5.54. The zero-order valence-electron chi connectivity index (χ0n) is 67.6. The Morgan fingerprint density at radius 3 is 1.29 bits per heavy atom. The van der Waals surface area contributed by atoms with E-state index in [0.717, 1.165) is 43.9 Å². The Morgan fingerprint density at radius 2 is 0.916 bits per heavy atom. The number of H-pyrrole nitrogens is 2. The maximum absolute atomic E-state index is 13.7. The van der Waals surface area contributed by atoms with Gasteiger partial charge in [-0.1, -0.05) is 76.2 Å². The molecule has 4 saturated heterocycles. The van der Waals surface area contributed by atoms with Crippen molar-refractivity contribution in [3.63, 3.8) is 0 Å². The summed E-state index contributed by atoms with van der Waals surface area (Å²) < 4.78 is 100. The van der Waals surface area contributed by atoms with Crippen LogP contribution in [0.2, 0.25) is 0 Å². The number of hydrogen-bond acceptors (Lipinski definition) is 19. The molecule has 8 aromatic rings. The van der Waals surface area contributed by atoms with Gasteiger partial charge in [0.15, 0.2) is 0 Å². The number of methoxy groups -OCH3 is 2. The van der Waals surface area contributed by atoms with Gasteiger partial charge < -0.3 is 90.6 Å². The summed E-state index contributed by atoms with van der Waals surface area (Å²) in [6.07, 6.45) is -2.39. The number of hydrogen-bond donors (Lipinski definition) is 9. The van der Waals surface area contributed by atoms with Crippen LogP contribution in [-0.4, -0.2) is 208 Å². The number of pyridine rings is 2. The molecule has 9 N–H and O–H groups in total. The van der Waals surface area contributed by atoms with Gasteiger partial charge in [-0.3, -0.25) is 24.0 Å². The highest BCUT2D eigenvalue weighted by Crippen LogP contribution is 2.41. The first-order valence-electron chi connectivity index (χ1n) is 38.6. The molecule has 8 atom stereocenters. The third-order valence-electron chi connectivity index (χ3n) is 20.7. The second-order valence-corrected chi connectivity index (χ2v) is 30.1. The normalized spacial score (nSPS) is 18.4. The molecule has 4 aromatic heterocycles. The molecular formula is C82H97ClF6N18O12. The van der Waals surface area contributed by atoms with E-state index in [-0.39, 0.29) is 99.6 Å². The van der Waals surface area contributed by atoms with Gasteiger partial charge in [-0.15, -0.1) is 26.3 Å². The summed E-state index contributed by atoms with van der Waals surface area (Å²) in [6, 6.07) is 26.4. The minimum absolute atomic E-state index is 0.0368. The molecule has 4 aliphatic rings. The maximum atomic E-state index is 13.7. The van der Waals surface area contributed by atoms with Crippen molar-refractivity contribution in [1.82, 2.24) is 71.2 Å². The van der Waals surface area contributed by atoms with E-state index in [0.29, 0.717) is 90.1 Å². The topological polar surface area (TPSA) is 357 Å². The molecule has 0 spiro atoms. The Hall–Kier alpha value is -12.2. The fourth-order valence-corrected chi connectivity index (χ4v) is 14.4. The predicted molar refractivity (Wildman–Crippen MR) is 434 cm³/mol. The number of anilines is 4. The van der Waals surface area contributed by atoms with Gasteiger partial charge in [0.05, 0.1) is 61.2 Å².